The lowest BCUT2D eigenvalue weighted by atomic mass is 10.0. The molecule has 0 aliphatic rings. The Morgan fingerprint density at radius 2 is 1.75 bits per heavy atom. The number of hydrogen-bond donors (Lipinski definition) is 2. The molecule has 1 rings (SSSR count). The molecule has 0 saturated heterocycles. The van der Waals surface area contributed by atoms with Crippen molar-refractivity contribution in [2.75, 3.05) is 0 Å². The van der Waals surface area contributed by atoms with Gasteiger partial charge in [0.2, 0.25) is 0 Å². The van der Waals surface area contributed by atoms with E-state index in [1.165, 1.54) is 0 Å². The van der Waals surface area contributed by atoms with Gasteiger partial charge in [-0.2, -0.15) is 0 Å². The summed E-state index contributed by atoms with van der Waals surface area (Å²) in [5.41, 5.74) is 2.41. The van der Waals surface area contributed by atoms with Gasteiger partial charge in [0.1, 0.15) is 6.04 Å². The van der Waals surface area contributed by atoms with Crippen molar-refractivity contribution in [3.8, 4) is 0 Å². The highest BCUT2D eigenvalue weighted by Crippen LogP contribution is 2.20. The summed E-state index contributed by atoms with van der Waals surface area (Å²) in [5, 5.41) is 11.7. The van der Waals surface area contributed by atoms with Crippen LogP contribution in [0.25, 0.3) is 0 Å². The van der Waals surface area contributed by atoms with E-state index in [0.29, 0.717) is 5.56 Å². The third-order valence-electron chi connectivity index (χ3n) is 3.46. The first kappa shape index (κ1) is 16.3. The monoisotopic (exact) mass is 280 g/mol. The summed E-state index contributed by atoms with van der Waals surface area (Å²) in [6.07, 6.45) is 0. The topological polar surface area (TPSA) is 71.3 Å². The number of aliphatic carboxylic acids is 1. The summed E-state index contributed by atoms with van der Waals surface area (Å²) in [5.74, 6) is -1.50. The number of amides is 1. The maximum Gasteiger partial charge on any atom is 0.326 e. The van der Waals surface area contributed by atoms with Gasteiger partial charge in [-0.25, -0.2) is 4.79 Å². The summed E-state index contributed by atoms with van der Waals surface area (Å²) >= 11 is 0. The van der Waals surface area contributed by atoms with E-state index in [-0.39, 0.29) is 17.9 Å². The molecule has 0 aromatic carbocycles. The summed E-state index contributed by atoms with van der Waals surface area (Å²) < 4.78 is 2.07. The molecule has 1 atom stereocenters. The zero-order chi connectivity index (χ0) is 15.6. The third kappa shape index (κ3) is 3.21. The minimum Gasteiger partial charge on any atom is -0.480 e. The molecule has 0 radical (unpaired) electrons. The van der Waals surface area contributed by atoms with Gasteiger partial charge in [0.15, 0.2) is 0 Å². The summed E-state index contributed by atoms with van der Waals surface area (Å²) in [4.78, 5) is 23.4. The lowest BCUT2D eigenvalue weighted by Gasteiger charge is -2.18. The number of carbonyl (C=O) groups is 2. The zero-order valence-electron chi connectivity index (χ0n) is 13.0. The molecule has 1 heterocycles. The van der Waals surface area contributed by atoms with Crippen molar-refractivity contribution in [2.45, 2.75) is 53.6 Å². The molecule has 1 aromatic heterocycles. The Balaban J connectivity index is 3.05. The van der Waals surface area contributed by atoms with Crippen LogP contribution in [0.5, 0.6) is 0 Å². The first-order valence-corrected chi connectivity index (χ1v) is 6.88. The van der Waals surface area contributed by atoms with Crippen molar-refractivity contribution in [3.63, 3.8) is 0 Å². The third-order valence-corrected chi connectivity index (χ3v) is 3.46. The molecule has 0 saturated carbocycles. The van der Waals surface area contributed by atoms with Gasteiger partial charge in [0.25, 0.3) is 5.91 Å². The van der Waals surface area contributed by atoms with Crippen molar-refractivity contribution in [1.29, 1.82) is 0 Å². The summed E-state index contributed by atoms with van der Waals surface area (Å²) in [7, 11) is 0. The second-order valence-corrected chi connectivity index (χ2v) is 5.78. The van der Waals surface area contributed by atoms with Gasteiger partial charge >= 0.3 is 5.97 Å². The highest BCUT2D eigenvalue weighted by molar-refractivity contribution is 5.97. The maximum atomic E-state index is 12.3. The molecular weight excluding hydrogens is 256 g/mol. The lowest BCUT2D eigenvalue weighted by Crippen LogP contribution is -2.44. The van der Waals surface area contributed by atoms with E-state index in [9.17, 15) is 9.59 Å². The molecule has 0 unspecified atom stereocenters. The van der Waals surface area contributed by atoms with Gasteiger partial charge in [-0.1, -0.05) is 13.8 Å². The minimum absolute atomic E-state index is 0.162. The molecule has 0 spiro atoms. The van der Waals surface area contributed by atoms with Gasteiger partial charge < -0.3 is 15.0 Å². The van der Waals surface area contributed by atoms with Crippen LogP contribution in [0.1, 0.15) is 55.5 Å². The van der Waals surface area contributed by atoms with Gasteiger partial charge in [-0.3, -0.25) is 4.79 Å². The number of rotatable bonds is 5. The molecule has 5 heteroatoms. The van der Waals surface area contributed by atoms with E-state index in [1.54, 1.807) is 13.8 Å². The van der Waals surface area contributed by atoms with Crippen LogP contribution in [0.3, 0.4) is 0 Å². The van der Waals surface area contributed by atoms with Crippen molar-refractivity contribution < 1.29 is 14.7 Å². The minimum atomic E-state index is -1.01. The van der Waals surface area contributed by atoms with E-state index >= 15 is 0 Å². The molecule has 1 amide bonds. The molecule has 20 heavy (non-hydrogen) atoms. The van der Waals surface area contributed by atoms with E-state index in [2.05, 4.69) is 23.7 Å². The van der Waals surface area contributed by atoms with Crippen LogP contribution in [-0.4, -0.2) is 27.6 Å². The van der Waals surface area contributed by atoms with Crippen LogP contribution in [0, 0.1) is 19.8 Å². The smallest absolute Gasteiger partial charge is 0.326 e. The highest BCUT2D eigenvalue weighted by Gasteiger charge is 2.26. The van der Waals surface area contributed by atoms with Crippen LogP contribution in [0.4, 0.5) is 0 Å². The van der Waals surface area contributed by atoms with Crippen LogP contribution in [0.15, 0.2) is 6.07 Å². The summed E-state index contributed by atoms with van der Waals surface area (Å²) in [6, 6.07) is 1.20. The molecular formula is C15H24N2O3. The number of nitrogens with zero attached hydrogens (tertiary/aromatic N) is 1. The predicted octanol–water partition coefficient (Wildman–Crippen LogP) is 2.52. The fraction of sp³-hybridized carbons (Fsp3) is 0.600. The van der Waals surface area contributed by atoms with E-state index in [4.69, 9.17) is 5.11 Å². The number of nitrogens with one attached hydrogen (secondary N) is 1. The number of aryl methyl sites for hydroxylation is 1. The van der Waals surface area contributed by atoms with E-state index in [1.807, 2.05) is 19.9 Å². The maximum absolute atomic E-state index is 12.3. The highest BCUT2D eigenvalue weighted by atomic mass is 16.4. The van der Waals surface area contributed by atoms with Crippen molar-refractivity contribution in [2.24, 2.45) is 5.92 Å². The van der Waals surface area contributed by atoms with Crippen LogP contribution in [0.2, 0.25) is 0 Å². The van der Waals surface area contributed by atoms with E-state index in [0.717, 1.165) is 11.4 Å². The standard InChI is InChI=1S/C15H24N2O3/c1-8(2)13(15(19)20)16-14(18)12-7-10(5)17(9(3)4)11(12)6/h7-9,13H,1-6H3,(H,16,18)(H,19,20)/t13-/m1/s1. The Morgan fingerprint density at radius 3 is 2.10 bits per heavy atom. The molecule has 112 valence electrons. The molecule has 2 N–H and O–H groups in total. The molecule has 0 aliphatic heterocycles. The Morgan fingerprint density at radius 1 is 1.20 bits per heavy atom. The number of carboxylic acids is 1. The van der Waals surface area contributed by atoms with Gasteiger partial charge in [0.05, 0.1) is 5.56 Å². The molecule has 1 aromatic rings. The predicted molar refractivity (Wildman–Crippen MR) is 78.0 cm³/mol. The zero-order valence-corrected chi connectivity index (χ0v) is 13.0. The quantitative estimate of drug-likeness (QED) is 0.870. The van der Waals surface area contributed by atoms with Crippen LogP contribution in [-0.2, 0) is 4.79 Å². The average molecular weight is 280 g/mol. The van der Waals surface area contributed by atoms with Crippen LogP contribution < -0.4 is 5.32 Å². The normalized spacial score (nSPS) is 12.8. The second kappa shape index (κ2) is 6.11. The Labute approximate surface area is 120 Å². The summed E-state index contributed by atoms with van der Waals surface area (Å²) in [6.45, 7) is 11.5. The first-order chi connectivity index (χ1) is 9.16. The Bertz CT molecular complexity index is 515. The average Bonchev–Trinajstić information content (AvgIpc) is 2.60. The Hall–Kier alpha value is -1.78. The number of carboxylic acid groups (broad SMARTS) is 1. The number of carbonyl (C=O) groups excluding carboxylic acids is 1. The van der Waals surface area contributed by atoms with Crippen molar-refractivity contribution >= 4 is 11.9 Å². The Kier molecular flexibility index (Phi) is 4.98. The fourth-order valence-electron chi connectivity index (χ4n) is 2.53. The molecule has 0 bridgehead atoms. The largest absolute Gasteiger partial charge is 0.480 e. The fourth-order valence-corrected chi connectivity index (χ4v) is 2.53. The first-order valence-electron chi connectivity index (χ1n) is 6.88. The second-order valence-electron chi connectivity index (χ2n) is 5.78. The number of aromatic nitrogens is 1. The van der Waals surface area contributed by atoms with Gasteiger partial charge in [0, 0.05) is 17.4 Å². The molecule has 0 fully saturated rings. The molecule has 5 nitrogen and oxygen atoms in total. The van der Waals surface area contributed by atoms with E-state index < -0.39 is 12.0 Å². The van der Waals surface area contributed by atoms with Crippen molar-refractivity contribution in [3.05, 3.63) is 23.0 Å². The van der Waals surface area contributed by atoms with Gasteiger partial charge in [-0.05, 0) is 39.7 Å². The van der Waals surface area contributed by atoms with Gasteiger partial charge in [-0.15, -0.1) is 0 Å². The van der Waals surface area contributed by atoms with Crippen LogP contribution >= 0.6 is 0 Å². The number of hydrogen-bond acceptors (Lipinski definition) is 2. The SMILES string of the molecule is Cc1cc(C(=O)N[C@@H](C(=O)O)C(C)C)c(C)n1C(C)C. The molecule has 0 aliphatic carbocycles. The van der Waals surface area contributed by atoms with Crippen molar-refractivity contribution in [1.82, 2.24) is 9.88 Å². The lowest BCUT2D eigenvalue weighted by molar-refractivity contribution is -0.140.